The summed E-state index contributed by atoms with van der Waals surface area (Å²) in [6.07, 6.45) is 69.0. The van der Waals surface area contributed by atoms with Crippen LogP contribution in [0.15, 0.2) is 97.2 Å². The minimum absolute atomic E-state index is 0.193. The monoisotopic (exact) mass is 1020 g/mol. The highest BCUT2D eigenvalue weighted by Gasteiger charge is 2.44. The van der Waals surface area contributed by atoms with E-state index in [0.29, 0.717) is 6.42 Å². The molecule has 0 aromatic rings. The number of nitrogens with one attached hydrogen (secondary N) is 1. The molecular weight excluding hydrogens is 911 g/mol. The number of amides is 1. The van der Waals surface area contributed by atoms with E-state index in [4.69, 9.17) is 9.47 Å². The van der Waals surface area contributed by atoms with E-state index in [1.54, 1.807) is 6.08 Å². The van der Waals surface area contributed by atoms with Crippen molar-refractivity contribution in [1.82, 2.24) is 5.32 Å². The van der Waals surface area contributed by atoms with E-state index in [2.05, 4.69) is 104 Å². The molecule has 0 saturated carbocycles. The number of rotatable bonds is 50. The van der Waals surface area contributed by atoms with Crippen LogP contribution < -0.4 is 5.32 Å². The molecule has 9 nitrogen and oxygen atoms in total. The first-order valence-electron chi connectivity index (χ1n) is 30.0. The average molecular weight is 1020 g/mol. The first-order valence-corrected chi connectivity index (χ1v) is 30.0. The number of aliphatic hydroxyl groups is 5. The first kappa shape index (κ1) is 68.1. The molecule has 0 spiro atoms. The molecule has 0 aliphatic carbocycles. The highest BCUT2D eigenvalue weighted by Crippen LogP contribution is 2.23. The van der Waals surface area contributed by atoms with Crippen molar-refractivity contribution in [2.45, 2.75) is 288 Å². The first-order chi connectivity index (χ1) is 35.8. The molecule has 1 amide bonds. The Labute approximate surface area is 447 Å². The van der Waals surface area contributed by atoms with Crippen molar-refractivity contribution >= 4 is 5.91 Å². The van der Waals surface area contributed by atoms with Gasteiger partial charge >= 0.3 is 0 Å². The average Bonchev–Trinajstić information content (AvgIpc) is 3.39. The Morgan fingerprint density at radius 2 is 0.863 bits per heavy atom. The summed E-state index contributed by atoms with van der Waals surface area (Å²) in [5, 5.41) is 54.5. The van der Waals surface area contributed by atoms with Crippen LogP contribution in [0.2, 0.25) is 0 Å². The van der Waals surface area contributed by atoms with E-state index in [9.17, 15) is 30.3 Å². The second kappa shape index (κ2) is 52.5. The molecule has 1 heterocycles. The zero-order valence-corrected chi connectivity index (χ0v) is 46.6. The topological polar surface area (TPSA) is 149 Å². The molecule has 1 rings (SSSR count). The number of allylic oxidation sites excluding steroid dienone is 15. The number of aliphatic hydroxyl groups excluding tert-OH is 5. The molecule has 6 N–H and O–H groups in total. The second-order valence-corrected chi connectivity index (χ2v) is 20.4. The van der Waals surface area contributed by atoms with E-state index in [-0.39, 0.29) is 12.5 Å². The predicted octanol–water partition coefficient (Wildman–Crippen LogP) is 15.2. The molecule has 1 saturated heterocycles. The Morgan fingerprint density at radius 1 is 0.479 bits per heavy atom. The lowest BCUT2D eigenvalue weighted by Gasteiger charge is -2.40. The van der Waals surface area contributed by atoms with Crippen LogP contribution in [-0.4, -0.2) is 87.5 Å². The quantitative estimate of drug-likeness (QED) is 0.0261. The molecule has 420 valence electrons. The fraction of sp³-hybridized carbons (Fsp3) is 0.734. The Kier molecular flexibility index (Phi) is 49.0. The van der Waals surface area contributed by atoms with Crippen molar-refractivity contribution in [2.24, 2.45) is 0 Å². The van der Waals surface area contributed by atoms with Crippen LogP contribution in [0, 0.1) is 0 Å². The smallest absolute Gasteiger partial charge is 0.220 e. The molecule has 7 unspecified atom stereocenters. The fourth-order valence-corrected chi connectivity index (χ4v) is 8.92. The molecular formula is C64H111NO8. The fourth-order valence-electron chi connectivity index (χ4n) is 8.92. The van der Waals surface area contributed by atoms with E-state index in [0.717, 1.165) is 83.5 Å². The Hall–Kier alpha value is -2.89. The van der Waals surface area contributed by atoms with E-state index in [1.807, 2.05) is 6.08 Å². The lowest BCUT2D eigenvalue weighted by atomic mass is 9.99. The summed E-state index contributed by atoms with van der Waals surface area (Å²) in [5.74, 6) is -0.193. The van der Waals surface area contributed by atoms with Gasteiger partial charge in [-0.1, -0.05) is 246 Å². The van der Waals surface area contributed by atoms with Crippen LogP contribution in [0.1, 0.15) is 245 Å². The van der Waals surface area contributed by atoms with Gasteiger partial charge in [-0.3, -0.25) is 4.79 Å². The van der Waals surface area contributed by atoms with E-state index >= 15 is 0 Å². The molecule has 9 heteroatoms. The molecule has 1 aliphatic heterocycles. The third kappa shape index (κ3) is 42.0. The van der Waals surface area contributed by atoms with E-state index < -0.39 is 49.5 Å². The number of ether oxygens (including phenoxy) is 2. The summed E-state index contributed by atoms with van der Waals surface area (Å²) < 4.78 is 11.3. The minimum Gasteiger partial charge on any atom is -0.394 e. The molecule has 0 aromatic heterocycles. The van der Waals surface area contributed by atoms with Crippen LogP contribution in [0.4, 0.5) is 0 Å². The maximum Gasteiger partial charge on any atom is 0.220 e. The SMILES string of the molecule is CC/C=C\C/C=C\C/C=C\C/C=C\C/C=C\CCCCCCCCCCCCCCCCCC(=O)NC(COC1OC(CO)C(O)C(O)C1O)C(O)/C=C/CC/C=C/CC/C=C/CCCCCCCCCCC. The summed E-state index contributed by atoms with van der Waals surface area (Å²) in [6.45, 7) is 3.65. The van der Waals surface area contributed by atoms with Crippen molar-refractivity contribution < 1.29 is 39.8 Å². The lowest BCUT2D eigenvalue weighted by molar-refractivity contribution is -0.302. The van der Waals surface area contributed by atoms with Gasteiger partial charge in [0.05, 0.1) is 25.4 Å². The second-order valence-electron chi connectivity index (χ2n) is 20.4. The van der Waals surface area contributed by atoms with Crippen molar-refractivity contribution in [3.63, 3.8) is 0 Å². The van der Waals surface area contributed by atoms with Gasteiger partial charge in [0.15, 0.2) is 6.29 Å². The van der Waals surface area contributed by atoms with Gasteiger partial charge < -0.3 is 40.3 Å². The molecule has 0 radical (unpaired) electrons. The largest absolute Gasteiger partial charge is 0.394 e. The van der Waals surface area contributed by atoms with Gasteiger partial charge in [-0.25, -0.2) is 0 Å². The number of hydrogen-bond donors (Lipinski definition) is 6. The molecule has 0 aromatic carbocycles. The highest BCUT2D eigenvalue weighted by atomic mass is 16.7. The standard InChI is InChI=1S/C64H111NO8/c1-3-5-7-9-11-13-15-17-19-21-23-24-25-26-27-28-29-30-31-32-33-34-36-38-40-42-44-46-48-50-52-54-60(68)65-57(56-72-64-63(71)62(70)61(69)59(55-66)73-64)58(67)53-51-49-47-45-43-41-39-37-35-22-20-18-16-14-12-10-8-6-4-2/h5,7,11,13,17,19,23-24,26-27,35,37,43,45,51,53,57-59,61-64,66-67,69-71H,3-4,6,8-10,12,14-16,18,20-22,25,28-34,36,38-42,44,46-50,52,54-56H2,1-2H3,(H,65,68)/b7-5-,13-11-,19-17-,24-23-,27-26-,37-35+,45-43+,53-51+. The van der Waals surface area contributed by atoms with Gasteiger partial charge in [0, 0.05) is 6.42 Å². The Bertz CT molecular complexity index is 1460. The van der Waals surface area contributed by atoms with Crippen LogP contribution in [0.25, 0.3) is 0 Å². The molecule has 1 fully saturated rings. The van der Waals surface area contributed by atoms with Gasteiger partial charge in [0.25, 0.3) is 0 Å². The van der Waals surface area contributed by atoms with Gasteiger partial charge in [0.2, 0.25) is 5.91 Å². The number of unbranched alkanes of at least 4 members (excludes halogenated alkanes) is 26. The van der Waals surface area contributed by atoms with Crippen molar-refractivity contribution in [3.05, 3.63) is 97.2 Å². The summed E-state index contributed by atoms with van der Waals surface area (Å²) in [4.78, 5) is 13.1. The van der Waals surface area contributed by atoms with Gasteiger partial charge in [-0.15, -0.1) is 0 Å². The van der Waals surface area contributed by atoms with Crippen LogP contribution >= 0.6 is 0 Å². The molecule has 73 heavy (non-hydrogen) atoms. The summed E-state index contributed by atoms with van der Waals surface area (Å²) in [7, 11) is 0. The molecule has 7 atom stereocenters. The number of hydrogen-bond acceptors (Lipinski definition) is 8. The Balaban J connectivity index is 2.21. The number of carbonyl (C=O) groups is 1. The van der Waals surface area contributed by atoms with Gasteiger partial charge in [-0.2, -0.15) is 0 Å². The number of carbonyl (C=O) groups excluding carboxylic acids is 1. The van der Waals surface area contributed by atoms with Crippen LogP contribution in [0.3, 0.4) is 0 Å². The van der Waals surface area contributed by atoms with Crippen molar-refractivity contribution in [3.8, 4) is 0 Å². The van der Waals surface area contributed by atoms with Gasteiger partial charge in [-0.05, 0) is 89.9 Å². The lowest BCUT2D eigenvalue weighted by Crippen LogP contribution is -2.60. The zero-order valence-electron chi connectivity index (χ0n) is 46.6. The minimum atomic E-state index is -1.58. The van der Waals surface area contributed by atoms with Crippen LogP contribution in [-0.2, 0) is 14.3 Å². The van der Waals surface area contributed by atoms with Crippen LogP contribution in [0.5, 0.6) is 0 Å². The van der Waals surface area contributed by atoms with Crippen molar-refractivity contribution in [2.75, 3.05) is 13.2 Å². The zero-order chi connectivity index (χ0) is 52.9. The predicted molar refractivity (Wildman–Crippen MR) is 308 cm³/mol. The molecule has 0 bridgehead atoms. The van der Waals surface area contributed by atoms with Crippen molar-refractivity contribution in [1.29, 1.82) is 0 Å². The highest BCUT2D eigenvalue weighted by molar-refractivity contribution is 5.76. The maximum atomic E-state index is 13.1. The third-order valence-corrected chi connectivity index (χ3v) is 13.6. The normalized spacial score (nSPS) is 19.8. The summed E-state index contributed by atoms with van der Waals surface area (Å²) in [6, 6.07) is -0.834. The van der Waals surface area contributed by atoms with E-state index in [1.165, 1.54) is 141 Å². The summed E-state index contributed by atoms with van der Waals surface area (Å²) in [5.41, 5.74) is 0. The summed E-state index contributed by atoms with van der Waals surface area (Å²) >= 11 is 0. The van der Waals surface area contributed by atoms with Gasteiger partial charge in [0.1, 0.15) is 24.4 Å². The Morgan fingerprint density at radius 3 is 1.32 bits per heavy atom. The maximum absolute atomic E-state index is 13.1. The third-order valence-electron chi connectivity index (χ3n) is 13.6. The molecule has 1 aliphatic rings.